The molecule has 5 aromatic rings. The summed E-state index contributed by atoms with van der Waals surface area (Å²) in [7, 11) is 12.0. The van der Waals surface area contributed by atoms with Crippen LogP contribution in [0, 0.1) is 5.82 Å². The fourth-order valence-corrected chi connectivity index (χ4v) is 4.28. The highest BCUT2D eigenvalue weighted by Crippen LogP contribution is 2.37. The summed E-state index contributed by atoms with van der Waals surface area (Å²) in [6.07, 6.45) is 4.65. The minimum Gasteiger partial charge on any atom is -0.489 e. The lowest BCUT2D eigenvalue weighted by molar-refractivity contribution is 0.179. The summed E-state index contributed by atoms with van der Waals surface area (Å²) in [5.41, 5.74) is 3.60. The molecule has 10 heteroatoms. The highest BCUT2D eigenvalue weighted by molar-refractivity contribution is 6.34. The molecule has 0 spiro atoms. The van der Waals surface area contributed by atoms with E-state index in [1.54, 1.807) is 48.4 Å². The maximum absolute atomic E-state index is 15.3. The lowest BCUT2D eigenvalue weighted by Gasteiger charge is -2.21. The Labute approximate surface area is 209 Å². The van der Waals surface area contributed by atoms with E-state index in [9.17, 15) is 0 Å². The fraction of sp³-hybridized carbons (Fsp3) is 0.231. The van der Waals surface area contributed by atoms with Crippen LogP contribution in [0.25, 0.3) is 32.9 Å². The van der Waals surface area contributed by atoms with Gasteiger partial charge in [-0.2, -0.15) is 5.10 Å². The van der Waals surface area contributed by atoms with Gasteiger partial charge in [-0.25, -0.2) is 14.4 Å². The van der Waals surface area contributed by atoms with E-state index in [2.05, 4.69) is 25.4 Å². The molecule has 0 aliphatic rings. The number of nitrogens with one attached hydrogen (secondary N) is 1. The summed E-state index contributed by atoms with van der Waals surface area (Å²) in [4.78, 5) is 15.2. The average Bonchev–Trinajstić information content (AvgIpc) is 3.18. The Kier molecular flexibility index (Phi) is 6.28. The van der Waals surface area contributed by atoms with Gasteiger partial charge in [-0.3, -0.25) is 9.67 Å². The molecule has 0 amide bonds. The van der Waals surface area contributed by atoms with Crippen molar-refractivity contribution in [1.82, 2.24) is 29.6 Å². The molecule has 0 bridgehead atoms. The number of hydrogen-bond donors (Lipinski definition) is 1. The van der Waals surface area contributed by atoms with Gasteiger partial charge < -0.3 is 15.0 Å². The number of benzene rings is 2. The predicted octanol–water partition coefficient (Wildman–Crippen LogP) is 3.58. The minimum atomic E-state index is -0.407. The number of likely N-dealkylation sites (N-methyl/N-ethyl adjacent to an activating group) is 1. The first-order valence-electron chi connectivity index (χ1n) is 11.5. The van der Waals surface area contributed by atoms with Gasteiger partial charge in [0.15, 0.2) is 5.82 Å². The van der Waals surface area contributed by atoms with Gasteiger partial charge in [-0.15, -0.1) is 0 Å². The number of fused-ring (bicyclic) bond motifs is 2. The highest BCUT2D eigenvalue weighted by Gasteiger charge is 2.19. The largest absolute Gasteiger partial charge is 0.489 e. The second kappa shape index (κ2) is 9.54. The van der Waals surface area contributed by atoms with Crippen molar-refractivity contribution in [3.63, 3.8) is 0 Å². The summed E-state index contributed by atoms with van der Waals surface area (Å²) >= 11 is 0. The van der Waals surface area contributed by atoms with Gasteiger partial charge in [0.25, 0.3) is 0 Å². The number of aromatic nitrogens is 5. The molecule has 0 saturated heterocycles. The van der Waals surface area contributed by atoms with Crippen molar-refractivity contribution in [1.29, 1.82) is 0 Å². The van der Waals surface area contributed by atoms with Gasteiger partial charge >= 0.3 is 0 Å². The Morgan fingerprint density at radius 1 is 1.14 bits per heavy atom. The molecule has 1 N–H and O–H groups in total. The Morgan fingerprint density at radius 2 is 1.97 bits per heavy atom. The van der Waals surface area contributed by atoms with E-state index >= 15 is 4.39 Å². The standard InChI is InChI=1S/C26H25BFN7O/c1-15(13-34(2)3)36-22-11-16(18-12-32-35(4)25(18)27)10-21-23(22)26(31-14-30-21)33-20-8-7-19-17(24(20)28)6-5-9-29-19/h5-12,14-15H,13H2,1-4H3,(H,30,31,33)/t15-/m1/s1. The molecule has 2 aromatic carbocycles. The van der Waals surface area contributed by atoms with Crippen LogP contribution in [-0.2, 0) is 7.05 Å². The molecule has 0 fully saturated rings. The van der Waals surface area contributed by atoms with E-state index in [0.29, 0.717) is 45.5 Å². The minimum absolute atomic E-state index is 0.138. The van der Waals surface area contributed by atoms with Gasteiger partial charge in [0.05, 0.1) is 28.3 Å². The van der Waals surface area contributed by atoms with Crippen LogP contribution in [0.2, 0.25) is 0 Å². The molecular formula is C26H25BFN7O. The number of rotatable bonds is 7. The van der Waals surface area contributed by atoms with E-state index in [0.717, 1.165) is 11.1 Å². The number of aryl methyl sites for hydroxylation is 1. The third-order valence-electron chi connectivity index (χ3n) is 5.92. The lowest BCUT2D eigenvalue weighted by atomic mass is 9.94. The van der Waals surface area contributed by atoms with Crippen molar-refractivity contribution < 1.29 is 9.13 Å². The van der Waals surface area contributed by atoms with Gasteiger partial charge in [0, 0.05) is 30.7 Å². The smallest absolute Gasteiger partial charge is 0.156 e. The maximum atomic E-state index is 15.3. The monoisotopic (exact) mass is 481 g/mol. The first kappa shape index (κ1) is 23.7. The van der Waals surface area contributed by atoms with E-state index in [1.807, 2.05) is 38.1 Å². The molecule has 0 unspecified atom stereocenters. The van der Waals surface area contributed by atoms with Crippen LogP contribution >= 0.6 is 0 Å². The van der Waals surface area contributed by atoms with Crippen molar-refractivity contribution in [2.45, 2.75) is 13.0 Å². The summed E-state index contributed by atoms with van der Waals surface area (Å²) in [5.74, 6) is 0.585. The van der Waals surface area contributed by atoms with Gasteiger partial charge in [0.1, 0.15) is 31.8 Å². The van der Waals surface area contributed by atoms with Gasteiger partial charge in [-0.1, -0.05) is 0 Å². The molecule has 180 valence electrons. The van der Waals surface area contributed by atoms with Crippen LogP contribution in [0.15, 0.2) is 55.1 Å². The molecular weight excluding hydrogens is 456 g/mol. The fourth-order valence-electron chi connectivity index (χ4n) is 4.28. The molecule has 0 aliphatic heterocycles. The molecule has 0 aliphatic carbocycles. The SMILES string of the molecule is [B]c1c(-c2cc(O[C@H](C)CN(C)C)c3c(Nc4ccc5ncccc5c4F)ncnc3c2)cnn1C. The zero-order chi connectivity index (χ0) is 25.4. The molecule has 3 aromatic heterocycles. The van der Waals surface area contributed by atoms with Crippen molar-refractivity contribution in [3.8, 4) is 16.9 Å². The van der Waals surface area contributed by atoms with Crippen molar-refractivity contribution in [2.75, 3.05) is 26.0 Å². The molecule has 1 atom stereocenters. The average molecular weight is 481 g/mol. The Bertz CT molecular complexity index is 1570. The Balaban J connectivity index is 1.65. The number of hydrogen-bond acceptors (Lipinski definition) is 7. The Morgan fingerprint density at radius 3 is 2.72 bits per heavy atom. The predicted molar refractivity (Wildman–Crippen MR) is 141 cm³/mol. The summed E-state index contributed by atoms with van der Waals surface area (Å²) in [6, 6.07) is 10.6. The number of pyridine rings is 1. The summed E-state index contributed by atoms with van der Waals surface area (Å²) in [6.45, 7) is 2.69. The van der Waals surface area contributed by atoms with Crippen LogP contribution in [-0.4, -0.2) is 64.2 Å². The second-order valence-corrected chi connectivity index (χ2v) is 8.97. The van der Waals surface area contributed by atoms with E-state index < -0.39 is 5.82 Å². The van der Waals surface area contributed by atoms with E-state index in [1.165, 1.54) is 6.33 Å². The van der Waals surface area contributed by atoms with Crippen LogP contribution < -0.4 is 15.6 Å². The lowest BCUT2D eigenvalue weighted by Crippen LogP contribution is -2.28. The number of ether oxygens (including phenoxy) is 1. The van der Waals surface area contributed by atoms with Gasteiger partial charge in [-0.05, 0) is 68.6 Å². The Hall–Kier alpha value is -4.05. The number of anilines is 2. The number of nitrogens with zero attached hydrogens (tertiary/aromatic N) is 6. The summed E-state index contributed by atoms with van der Waals surface area (Å²) < 4.78 is 23.3. The second-order valence-electron chi connectivity index (χ2n) is 8.97. The normalized spacial score (nSPS) is 12.4. The summed E-state index contributed by atoms with van der Waals surface area (Å²) in [5, 5.41) is 8.48. The molecule has 0 saturated carbocycles. The van der Waals surface area contributed by atoms with Crippen LogP contribution in [0.1, 0.15) is 6.92 Å². The topological polar surface area (TPSA) is 81.0 Å². The maximum Gasteiger partial charge on any atom is 0.156 e. The van der Waals surface area contributed by atoms with Crippen molar-refractivity contribution >= 4 is 46.8 Å². The third-order valence-corrected chi connectivity index (χ3v) is 5.92. The molecule has 5 rings (SSSR count). The molecule has 8 nitrogen and oxygen atoms in total. The first-order chi connectivity index (χ1) is 17.3. The van der Waals surface area contributed by atoms with Gasteiger partial charge in [0.2, 0.25) is 0 Å². The number of halogens is 1. The molecule has 3 heterocycles. The van der Waals surface area contributed by atoms with Crippen molar-refractivity contribution in [3.05, 3.63) is 60.9 Å². The van der Waals surface area contributed by atoms with E-state index in [-0.39, 0.29) is 11.8 Å². The zero-order valence-electron chi connectivity index (χ0n) is 20.5. The molecule has 2 radical (unpaired) electrons. The van der Waals surface area contributed by atoms with Crippen LogP contribution in [0.5, 0.6) is 5.75 Å². The third kappa shape index (κ3) is 4.47. The van der Waals surface area contributed by atoms with E-state index in [4.69, 9.17) is 12.6 Å². The van der Waals surface area contributed by atoms with Crippen molar-refractivity contribution in [2.24, 2.45) is 7.05 Å². The zero-order valence-corrected chi connectivity index (χ0v) is 20.5. The quantitative estimate of drug-likeness (QED) is 0.356. The first-order valence-corrected chi connectivity index (χ1v) is 11.5. The molecule has 36 heavy (non-hydrogen) atoms. The highest BCUT2D eigenvalue weighted by atomic mass is 19.1. The van der Waals surface area contributed by atoms with Crippen LogP contribution in [0.3, 0.4) is 0 Å². The van der Waals surface area contributed by atoms with Crippen LogP contribution in [0.4, 0.5) is 15.9 Å².